The maximum absolute atomic E-state index is 13.0. The first-order valence-electron chi connectivity index (χ1n) is 10.6. The fourth-order valence-corrected chi connectivity index (χ4v) is 4.49. The smallest absolute Gasteiger partial charge is 0.245 e. The minimum Gasteiger partial charge on any atom is -0.351 e. The highest BCUT2D eigenvalue weighted by Gasteiger charge is 2.49. The average Bonchev–Trinajstić information content (AvgIpc) is 3.09. The van der Waals surface area contributed by atoms with Crippen LogP contribution in [-0.4, -0.2) is 34.8 Å². The summed E-state index contributed by atoms with van der Waals surface area (Å²) in [5.41, 5.74) is 4.17. The summed E-state index contributed by atoms with van der Waals surface area (Å²) in [5.74, 6) is 0.481. The Labute approximate surface area is 173 Å². The first-order valence-corrected chi connectivity index (χ1v) is 10.6. The number of hydrogen-bond donors (Lipinski definition) is 1. The topological polar surface area (TPSA) is 49.4 Å². The number of amides is 2. The van der Waals surface area contributed by atoms with Crippen LogP contribution in [0.1, 0.15) is 55.4 Å². The quantitative estimate of drug-likeness (QED) is 0.848. The van der Waals surface area contributed by atoms with Crippen molar-refractivity contribution in [3.05, 3.63) is 70.8 Å². The summed E-state index contributed by atoms with van der Waals surface area (Å²) >= 11 is 0. The van der Waals surface area contributed by atoms with E-state index in [0.717, 1.165) is 24.8 Å². The van der Waals surface area contributed by atoms with E-state index >= 15 is 0 Å². The van der Waals surface area contributed by atoms with E-state index in [1.807, 2.05) is 31.2 Å². The maximum atomic E-state index is 13.0. The SMILES string of the molecule is CC(C)c1ccc(CC(=O)N2CCC2(C)C(=O)NC2Cc3ccccc3C2)cc1. The minimum absolute atomic E-state index is 0.0231. The second-order valence-corrected chi connectivity index (χ2v) is 8.99. The number of fused-ring (bicyclic) bond motifs is 1. The number of carbonyl (C=O) groups excluding carboxylic acids is 2. The van der Waals surface area contributed by atoms with Gasteiger partial charge in [-0.3, -0.25) is 9.59 Å². The summed E-state index contributed by atoms with van der Waals surface area (Å²) in [4.78, 5) is 27.7. The summed E-state index contributed by atoms with van der Waals surface area (Å²) in [6.07, 6.45) is 2.80. The number of benzene rings is 2. The Morgan fingerprint density at radius 2 is 1.69 bits per heavy atom. The summed E-state index contributed by atoms with van der Waals surface area (Å²) in [5, 5.41) is 3.20. The third-order valence-electron chi connectivity index (χ3n) is 6.60. The van der Waals surface area contributed by atoms with Crippen LogP contribution < -0.4 is 5.32 Å². The van der Waals surface area contributed by atoms with Gasteiger partial charge in [0, 0.05) is 12.6 Å². The van der Waals surface area contributed by atoms with E-state index in [1.54, 1.807) is 4.90 Å². The molecule has 1 unspecified atom stereocenters. The predicted octanol–water partition coefficient (Wildman–Crippen LogP) is 3.63. The first-order chi connectivity index (χ1) is 13.9. The molecule has 1 fully saturated rings. The molecule has 4 nitrogen and oxygen atoms in total. The second kappa shape index (κ2) is 7.66. The van der Waals surface area contributed by atoms with Crippen LogP contribution in [0.2, 0.25) is 0 Å². The molecule has 2 aliphatic rings. The van der Waals surface area contributed by atoms with E-state index < -0.39 is 5.54 Å². The molecule has 4 rings (SSSR count). The van der Waals surface area contributed by atoms with Crippen molar-refractivity contribution in [2.45, 2.75) is 64.0 Å². The lowest BCUT2D eigenvalue weighted by atomic mass is 9.84. The molecule has 4 heteroatoms. The van der Waals surface area contributed by atoms with Crippen LogP contribution in [0.25, 0.3) is 0 Å². The number of likely N-dealkylation sites (tertiary alicyclic amines) is 1. The normalized spacial score (nSPS) is 21.0. The van der Waals surface area contributed by atoms with Crippen molar-refractivity contribution in [2.75, 3.05) is 6.54 Å². The van der Waals surface area contributed by atoms with Crippen LogP contribution in [0.4, 0.5) is 0 Å². The largest absolute Gasteiger partial charge is 0.351 e. The van der Waals surface area contributed by atoms with Crippen molar-refractivity contribution in [3.8, 4) is 0 Å². The van der Waals surface area contributed by atoms with Crippen molar-refractivity contribution >= 4 is 11.8 Å². The zero-order chi connectivity index (χ0) is 20.6. The van der Waals surface area contributed by atoms with Crippen molar-refractivity contribution in [2.24, 2.45) is 0 Å². The molecular weight excluding hydrogens is 360 g/mol. The van der Waals surface area contributed by atoms with Gasteiger partial charge in [0.05, 0.1) is 6.42 Å². The van der Waals surface area contributed by atoms with Gasteiger partial charge in [0.2, 0.25) is 11.8 Å². The van der Waals surface area contributed by atoms with Gasteiger partial charge in [-0.05, 0) is 54.4 Å². The Kier molecular flexibility index (Phi) is 5.20. The highest BCUT2D eigenvalue weighted by Crippen LogP contribution is 2.32. The van der Waals surface area contributed by atoms with Gasteiger partial charge >= 0.3 is 0 Å². The van der Waals surface area contributed by atoms with Crippen LogP contribution in [0, 0.1) is 0 Å². The van der Waals surface area contributed by atoms with Gasteiger partial charge < -0.3 is 10.2 Å². The third kappa shape index (κ3) is 3.81. The molecule has 29 heavy (non-hydrogen) atoms. The van der Waals surface area contributed by atoms with Gasteiger partial charge in [-0.1, -0.05) is 62.4 Å². The summed E-state index contributed by atoms with van der Waals surface area (Å²) in [7, 11) is 0. The molecule has 1 saturated heterocycles. The van der Waals surface area contributed by atoms with E-state index in [9.17, 15) is 9.59 Å². The molecule has 0 radical (unpaired) electrons. The molecule has 0 aromatic heterocycles. The van der Waals surface area contributed by atoms with Crippen LogP contribution in [0.3, 0.4) is 0 Å². The lowest BCUT2D eigenvalue weighted by Gasteiger charge is -2.49. The monoisotopic (exact) mass is 390 g/mol. The van der Waals surface area contributed by atoms with E-state index in [4.69, 9.17) is 0 Å². The minimum atomic E-state index is -0.732. The predicted molar refractivity (Wildman–Crippen MR) is 115 cm³/mol. The zero-order valence-corrected chi connectivity index (χ0v) is 17.6. The van der Waals surface area contributed by atoms with Crippen LogP contribution in [-0.2, 0) is 28.9 Å². The van der Waals surface area contributed by atoms with Crippen LogP contribution >= 0.6 is 0 Å². The summed E-state index contributed by atoms with van der Waals surface area (Å²) in [6, 6.07) is 16.7. The number of rotatable bonds is 5. The summed E-state index contributed by atoms with van der Waals surface area (Å²) < 4.78 is 0. The molecule has 1 aliphatic carbocycles. The third-order valence-corrected chi connectivity index (χ3v) is 6.60. The van der Waals surface area contributed by atoms with Gasteiger partial charge in [0.1, 0.15) is 5.54 Å². The Morgan fingerprint density at radius 3 is 2.21 bits per heavy atom. The van der Waals surface area contributed by atoms with Crippen LogP contribution in [0.15, 0.2) is 48.5 Å². The standard InChI is InChI=1S/C25H30N2O2/c1-17(2)19-10-8-18(9-11-19)14-23(28)27-13-12-25(27,3)24(29)26-22-15-20-6-4-5-7-21(20)16-22/h4-11,17,22H,12-16H2,1-3H3,(H,26,29). The molecule has 152 valence electrons. The van der Waals surface area contributed by atoms with Gasteiger partial charge in [0.15, 0.2) is 0 Å². The average molecular weight is 391 g/mol. The Morgan fingerprint density at radius 1 is 1.07 bits per heavy atom. The molecule has 2 aromatic rings. The van der Waals surface area contributed by atoms with Gasteiger partial charge in [-0.25, -0.2) is 0 Å². The fraction of sp³-hybridized carbons (Fsp3) is 0.440. The number of nitrogens with zero attached hydrogens (tertiary/aromatic N) is 1. The highest BCUT2D eigenvalue weighted by molar-refractivity contribution is 5.93. The molecule has 2 amide bonds. The van der Waals surface area contributed by atoms with Crippen LogP contribution in [0.5, 0.6) is 0 Å². The van der Waals surface area contributed by atoms with E-state index in [0.29, 0.717) is 18.9 Å². The molecule has 1 heterocycles. The van der Waals surface area contributed by atoms with Crippen molar-refractivity contribution in [1.82, 2.24) is 10.2 Å². The molecule has 0 saturated carbocycles. The van der Waals surface area contributed by atoms with E-state index in [1.165, 1.54) is 16.7 Å². The van der Waals surface area contributed by atoms with Crippen molar-refractivity contribution in [3.63, 3.8) is 0 Å². The molecule has 1 atom stereocenters. The van der Waals surface area contributed by atoms with E-state index in [-0.39, 0.29) is 17.9 Å². The fourth-order valence-electron chi connectivity index (χ4n) is 4.49. The molecular formula is C25H30N2O2. The van der Waals surface area contributed by atoms with Gasteiger partial charge in [0.25, 0.3) is 0 Å². The van der Waals surface area contributed by atoms with Gasteiger partial charge in [-0.2, -0.15) is 0 Å². The zero-order valence-electron chi connectivity index (χ0n) is 17.6. The van der Waals surface area contributed by atoms with Crippen molar-refractivity contribution < 1.29 is 9.59 Å². The molecule has 2 aromatic carbocycles. The Bertz CT molecular complexity index is 894. The lowest BCUT2D eigenvalue weighted by molar-refractivity contribution is -0.157. The number of hydrogen-bond acceptors (Lipinski definition) is 2. The van der Waals surface area contributed by atoms with E-state index in [2.05, 4.69) is 43.4 Å². The molecule has 0 bridgehead atoms. The highest BCUT2D eigenvalue weighted by atomic mass is 16.2. The first kappa shape index (κ1) is 19.7. The second-order valence-electron chi connectivity index (χ2n) is 8.99. The molecule has 0 spiro atoms. The maximum Gasteiger partial charge on any atom is 0.245 e. The Hall–Kier alpha value is -2.62. The Balaban J connectivity index is 1.37. The summed E-state index contributed by atoms with van der Waals surface area (Å²) in [6.45, 7) is 6.87. The number of nitrogens with one attached hydrogen (secondary N) is 1. The lowest BCUT2D eigenvalue weighted by Crippen LogP contribution is -2.68. The van der Waals surface area contributed by atoms with Gasteiger partial charge in [-0.15, -0.1) is 0 Å². The van der Waals surface area contributed by atoms with Crippen molar-refractivity contribution in [1.29, 1.82) is 0 Å². The molecule has 1 aliphatic heterocycles. The number of carbonyl (C=O) groups is 2. The molecule has 1 N–H and O–H groups in total.